The molecule has 7 heteroatoms. The van der Waals surface area contributed by atoms with Crippen LogP contribution in [0.2, 0.25) is 0 Å². The lowest BCUT2D eigenvalue weighted by atomic mass is 9.99. The third kappa shape index (κ3) is 3.85. The van der Waals surface area contributed by atoms with Crippen molar-refractivity contribution in [1.82, 2.24) is 25.0 Å². The molecule has 28 heavy (non-hydrogen) atoms. The van der Waals surface area contributed by atoms with Gasteiger partial charge in [-0.3, -0.25) is 19.4 Å². The molecule has 3 heterocycles. The zero-order valence-electron chi connectivity index (χ0n) is 17.2. The minimum absolute atomic E-state index is 0.115. The Morgan fingerprint density at radius 2 is 1.93 bits per heavy atom. The van der Waals surface area contributed by atoms with Crippen molar-refractivity contribution in [2.24, 2.45) is 13.0 Å². The number of piperidine rings is 1. The SMILES string of the molecule is Cc1nc2c(c(C)c1CCC(=O)N1CCC(NCC3CC3)CC1)c(=O)[nH]n2C. The second-order valence-electron chi connectivity index (χ2n) is 8.51. The van der Waals surface area contributed by atoms with Gasteiger partial charge in [0.25, 0.3) is 5.56 Å². The van der Waals surface area contributed by atoms with Gasteiger partial charge in [-0.05, 0) is 69.5 Å². The molecule has 2 fully saturated rings. The predicted octanol–water partition coefficient (Wildman–Crippen LogP) is 1.80. The Hall–Kier alpha value is -2.15. The molecule has 1 saturated heterocycles. The summed E-state index contributed by atoms with van der Waals surface area (Å²) >= 11 is 0. The van der Waals surface area contributed by atoms with Crippen LogP contribution in [0, 0.1) is 19.8 Å². The average molecular weight is 386 g/mol. The fraction of sp³-hybridized carbons (Fsp3) is 0.667. The lowest BCUT2D eigenvalue weighted by Crippen LogP contribution is -2.45. The van der Waals surface area contributed by atoms with Crippen molar-refractivity contribution in [3.8, 4) is 0 Å². The van der Waals surface area contributed by atoms with Crippen LogP contribution >= 0.6 is 0 Å². The normalized spacial score (nSPS) is 18.2. The lowest BCUT2D eigenvalue weighted by Gasteiger charge is -2.32. The van der Waals surface area contributed by atoms with E-state index in [1.807, 2.05) is 18.7 Å². The van der Waals surface area contributed by atoms with Crippen LogP contribution in [-0.4, -0.2) is 51.2 Å². The summed E-state index contributed by atoms with van der Waals surface area (Å²) in [6.07, 6.45) is 5.94. The molecule has 1 saturated carbocycles. The number of fused-ring (bicyclic) bond motifs is 1. The first-order valence-corrected chi connectivity index (χ1v) is 10.5. The molecule has 0 radical (unpaired) electrons. The number of aromatic amines is 1. The van der Waals surface area contributed by atoms with E-state index in [1.165, 1.54) is 12.8 Å². The van der Waals surface area contributed by atoms with Crippen molar-refractivity contribution < 1.29 is 4.79 Å². The number of H-pyrrole nitrogens is 1. The summed E-state index contributed by atoms with van der Waals surface area (Å²) in [7, 11) is 1.79. The molecular formula is C21H31N5O2. The van der Waals surface area contributed by atoms with Gasteiger partial charge in [0.2, 0.25) is 5.91 Å². The maximum Gasteiger partial charge on any atom is 0.273 e. The van der Waals surface area contributed by atoms with Gasteiger partial charge < -0.3 is 10.2 Å². The maximum absolute atomic E-state index is 12.7. The van der Waals surface area contributed by atoms with Gasteiger partial charge in [0.15, 0.2) is 5.65 Å². The van der Waals surface area contributed by atoms with Crippen LogP contribution in [0.3, 0.4) is 0 Å². The number of aromatic nitrogens is 3. The summed E-state index contributed by atoms with van der Waals surface area (Å²) in [4.78, 5) is 31.5. The molecular weight excluding hydrogens is 354 g/mol. The molecule has 2 aromatic heterocycles. The molecule has 0 bridgehead atoms. The van der Waals surface area contributed by atoms with Crippen molar-refractivity contribution in [1.29, 1.82) is 0 Å². The maximum atomic E-state index is 12.7. The molecule has 2 aliphatic rings. The number of hydrogen-bond donors (Lipinski definition) is 2. The Labute approximate surface area is 165 Å². The topological polar surface area (TPSA) is 83.0 Å². The van der Waals surface area contributed by atoms with Crippen LogP contribution in [0.15, 0.2) is 4.79 Å². The monoisotopic (exact) mass is 385 g/mol. The van der Waals surface area contributed by atoms with Crippen LogP contribution in [0.5, 0.6) is 0 Å². The van der Waals surface area contributed by atoms with Crippen LogP contribution in [0.25, 0.3) is 11.0 Å². The van der Waals surface area contributed by atoms with Crippen molar-refractivity contribution in [2.75, 3.05) is 19.6 Å². The number of amides is 1. The van der Waals surface area contributed by atoms with E-state index >= 15 is 0 Å². The first-order valence-electron chi connectivity index (χ1n) is 10.5. The van der Waals surface area contributed by atoms with E-state index in [-0.39, 0.29) is 11.5 Å². The predicted molar refractivity (Wildman–Crippen MR) is 109 cm³/mol. The molecule has 1 aliphatic heterocycles. The molecule has 1 aliphatic carbocycles. The molecule has 4 rings (SSSR count). The number of likely N-dealkylation sites (tertiary alicyclic amines) is 1. The zero-order chi connectivity index (χ0) is 19.8. The minimum Gasteiger partial charge on any atom is -0.343 e. The highest BCUT2D eigenvalue weighted by Gasteiger charge is 2.26. The first-order chi connectivity index (χ1) is 13.4. The summed E-state index contributed by atoms with van der Waals surface area (Å²) < 4.78 is 1.66. The Kier molecular flexibility index (Phi) is 5.27. The van der Waals surface area contributed by atoms with Crippen molar-refractivity contribution in [2.45, 2.75) is 58.4 Å². The third-order valence-corrected chi connectivity index (χ3v) is 6.40. The summed E-state index contributed by atoms with van der Waals surface area (Å²) in [6, 6.07) is 0.561. The van der Waals surface area contributed by atoms with E-state index in [0.29, 0.717) is 29.9 Å². The fourth-order valence-electron chi connectivity index (χ4n) is 4.39. The zero-order valence-corrected chi connectivity index (χ0v) is 17.2. The quantitative estimate of drug-likeness (QED) is 0.794. The van der Waals surface area contributed by atoms with E-state index in [9.17, 15) is 9.59 Å². The Balaban J connectivity index is 1.36. The molecule has 0 atom stereocenters. The average Bonchev–Trinajstić information content (AvgIpc) is 3.45. The van der Waals surface area contributed by atoms with Gasteiger partial charge in [0, 0.05) is 38.3 Å². The number of pyridine rings is 1. The van der Waals surface area contributed by atoms with E-state index in [2.05, 4.69) is 15.4 Å². The van der Waals surface area contributed by atoms with Gasteiger partial charge in [-0.1, -0.05) is 0 Å². The van der Waals surface area contributed by atoms with Gasteiger partial charge in [-0.25, -0.2) is 4.98 Å². The Morgan fingerprint density at radius 1 is 1.21 bits per heavy atom. The molecule has 152 valence electrons. The number of hydrogen-bond acceptors (Lipinski definition) is 4. The van der Waals surface area contributed by atoms with Gasteiger partial charge in [-0.2, -0.15) is 0 Å². The van der Waals surface area contributed by atoms with Gasteiger partial charge in [0.1, 0.15) is 0 Å². The molecule has 1 amide bonds. The van der Waals surface area contributed by atoms with E-state index < -0.39 is 0 Å². The van der Waals surface area contributed by atoms with Crippen molar-refractivity contribution in [3.63, 3.8) is 0 Å². The Bertz CT molecular complexity index is 932. The van der Waals surface area contributed by atoms with E-state index in [1.54, 1.807) is 11.7 Å². The molecule has 0 aromatic carbocycles. The van der Waals surface area contributed by atoms with Crippen LogP contribution in [0.1, 0.15) is 48.9 Å². The molecule has 2 aromatic rings. The Morgan fingerprint density at radius 3 is 2.61 bits per heavy atom. The summed E-state index contributed by atoms with van der Waals surface area (Å²) in [5, 5.41) is 7.07. The second-order valence-corrected chi connectivity index (χ2v) is 8.51. The van der Waals surface area contributed by atoms with Crippen LogP contribution < -0.4 is 10.9 Å². The number of rotatable bonds is 6. The van der Waals surface area contributed by atoms with Gasteiger partial charge in [-0.15, -0.1) is 0 Å². The number of nitrogens with zero attached hydrogens (tertiary/aromatic N) is 3. The number of nitrogens with one attached hydrogen (secondary N) is 2. The number of carbonyl (C=O) groups is 1. The van der Waals surface area contributed by atoms with Gasteiger partial charge in [0.05, 0.1) is 5.39 Å². The summed E-state index contributed by atoms with van der Waals surface area (Å²) in [5.41, 5.74) is 3.43. The number of aryl methyl sites for hydroxylation is 3. The van der Waals surface area contributed by atoms with Crippen LogP contribution in [0.4, 0.5) is 0 Å². The highest BCUT2D eigenvalue weighted by Crippen LogP contribution is 2.28. The lowest BCUT2D eigenvalue weighted by molar-refractivity contribution is -0.132. The molecule has 0 spiro atoms. The third-order valence-electron chi connectivity index (χ3n) is 6.40. The minimum atomic E-state index is -0.115. The largest absolute Gasteiger partial charge is 0.343 e. The summed E-state index contributed by atoms with van der Waals surface area (Å²) in [5.74, 6) is 1.11. The van der Waals surface area contributed by atoms with Crippen molar-refractivity contribution >= 4 is 16.9 Å². The van der Waals surface area contributed by atoms with Crippen molar-refractivity contribution in [3.05, 3.63) is 27.2 Å². The smallest absolute Gasteiger partial charge is 0.273 e. The fourth-order valence-corrected chi connectivity index (χ4v) is 4.39. The first kappa shape index (κ1) is 19.2. The summed E-state index contributed by atoms with van der Waals surface area (Å²) in [6.45, 7) is 6.75. The standard InChI is InChI=1S/C21H31N5O2/c1-13-17(14(2)23-20-19(13)21(28)24-25(20)3)6-7-18(27)26-10-8-16(9-11-26)22-12-15-4-5-15/h15-16,22H,4-12H2,1-3H3,(H,24,28). The van der Waals surface area contributed by atoms with E-state index in [4.69, 9.17) is 0 Å². The molecule has 2 N–H and O–H groups in total. The highest BCUT2D eigenvalue weighted by molar-refractivity contribution is 5.81. The second kappa shape index (κ2) is 7.70. The number of carbonyl (C=O) groups excluding carboxylic acids is 1. The highest BCUT2D eigenvalue weighted by atomic mass is 16.2. The van der Waals surface area contributed by atoms with Gasteiger partial charge >= 0.3 is 0 Å². The van der Waals surface area contributed by atoms with E-state index in [0.717, 1.165) is 55.2 Å². The molecule has 0 unspecified atom stereocenters. The molecule has 7 nitrogen and oxygen atoms in total. The van der Waals surface area contributed by atoms with Crippen LogP contribution in [-0.2, 0) is 18.3 Å².